The molecular formula is C16H24FN3O2. The topological polar surface area (TPSA) is 58.8 Å². The Balaban J connectivity index is 1.93. The van der Waals surface area contributed by atoms with Crippen molar-refractivity contribution < 1.29 is 13.9 Å². The van der Waals surface area contributed by atoms with E-state index in [0.717, 1.165) is 18.7 Å². The molecular weight excluding hydrogens is 285 g/mol. The molecule has 0 bridgehead atoms. The zero-order valence-electron chi connectivity index (χ0n) is 13.2. The second-order valence-electron chi connectivity index (χ2n) is 5.88. The first-order valence-corrected chi connectivity index (χ1v) is 7.53. The number of primary amides is 1. The number of benzene rings is 1. The smallest absolute Gasteiger partial charge is 0.231 e. The molecule has 1 aromatic rings. The van der Waals surface area contributed by atoms with Crippen LogP contribution in [0.2, 0.25) is 0 Å². The highest BCUT2D eigenvalue weighted by atomic mass is 19.1. The lowest BCUT2D eigenvalue weighted by Gasteiger charge is -2.38. The van der Waals surface area contributed by atoms with Gasteiger partial charge in [-0.15, -0.1) is 0 Å². The molecule has 0 saturated carbocycles. The van der Waals surface area contributed by atoms with Crippen LogP contribution in [0.5, 0.6) is 0 Å². The van der Waals surface area contributed by atoms with Gasteiger partial charge in [0.2, 0.25) is 5.91 Å². The summed E-state index contributed by atoms with van der Waals surface area (Å²) in [6, 6.07) is 6.84. The zero-order valence-corrected chi connectivity index (χ0v) is 13.2. The van der Waals surface area contributed by atoms with Crippen LogP contribution in [0, 0.1) is 5.82 Å². The lowest BCUT2D eigenvalue weighted by molar-refractivity contribution is -0.119. The van der Waals surface area contributed by atoms with Crippen molar-refractivity contribution >= 4 is 5.91 Å². The fourth-order valence-corrected chi connectivity index (χ4v) is 2.86. The number of carbonyl (C=O) groups excluding carboxylic acids is 1. The van der Waals surface area contributed by atoms with Crippen LogP contribution in [0.25, 0.3) is 0 Å². The Hall–Kier alpha value is -1.50. The number of halogens is 1. The van der Waals surface area contributed by atoms with Crippen molar-refractivity contribution in [2.45, 2.75) is 19.1 Å². The van der Waals surface area contributed by atoms with Gasteiger partial charge in [0.15, 0.2) is 0 Å². The SMILES string of the molecule is C[C@H](c1cccc(F)c1)N1CCO[C@H](CN(C)CC(N)=O)C1. The van der Waals surface area contributed by atoms with Gasteiger partial charge in [-0.3, -0.25) is 14.6 Å². The van der Waals surface area contributed by atoms with Crippen LogP contribution in [-0.2, 0) is 9.53 Å². The van der Waals surface area contributed by atoms with Crippen molar-refractivity contribution in [1.29, 1.82) is 0 Å². The summed E-state index contributed by atoms with van der Waals surface area (Å²) in [5.74, 6) is -0.557. The van der Waals surface area contributed by atoms with Gasteiger partial charge in [0.25, 0.3) is 0 Å². The molecule has 0 aromatic heterocycles. The Kier molecular flexibility index (Phi) is 5.88. The largest absolute Gasteiger partial charge is 0.374 e. The molecule has 0 aliphatic carbocycles. The maximum atomic E-state index is 13.4. The van der Waals surface area contributed by atoms with Gasteiger partial charge in [0.05, 0.1) is 19.3 Å². The molecule has 1 aliphatic heterocycles. The second-order valence-corrected chi connectivity index (χ2v) is 5.88. The van der Waals surface area contributed by atoms with Crippen LogP contribution in [0.3, 0.4) is 0 Å². The highest BCUT2D eigenvalue weighted by Gasteiger charge is 2.26. The third kappa shape index (κ3) is 4.76. The summed E-state index contributed by atoms with van der Waals surface area (Å²) in [5.41, 5.74) is 6.16. The van der Waals surface area contributed by atoms with E-state index in [1.807, 2.05) is 18.0 Å². The molecule has 122 valence electrons. The standard InChI is InChI=1S/C16H24FN3O2/c1-12(13-4-3-5-14(17)8-13)20-6-7-22-15(10-20)9-19(2)11-16(18)21/h3-5,8,12,15H,6-7,9-11H2,1-2H3,(H2,18,21)/t12-,15-/m1/s1. The van der Waals surface area contributed by atoms with Gasteiger partial charge in [0.1, 0.15) is 5.82 Å². The average Bonchev–Trinajstić information content (AvgIpc) is 2.45. The van der Waals surface area contributed by atoms with Crippen molar-refractivity contribution in [3.63, 3.8) is 0 Å². The number of nitrogens with zero attached hydrogens (tertiary/aromatic N) is 2. The lowest BCUT2D eigenvalue weighted by atomic mass is 10.1. The van der Waals surface area contributed by atoms with E-state index in [-0.39, 0.29) is 30.4 Å². The van der Waals surface area contributed by atoms with Crippen LogP contribution in [0.15, 0.2) is 24.3 Å². The molecule has 1 heterocycles. The van der Waals surface area contributed by atoms with Crippen molar-refractivity contribution in [3.05, 3.63) is 35.6 Å². The zero-order chi connectivity index (χ0) is 16.1. The second kappa shape index (κ2) is 7.67. The minimum atomic E-state index is -0.344. The number of carbonyl (C=O) groups is 1. The van der Waals surface area contributed by atoms with Gasteiger partial charge in [-0.2, -0.15) is 0 Å². The number of morpholine rings is 1. The lowest BCUT2D eigenvalue weighted by Crippen LogP contribution is -2.48. The van der Waals surface area contributed by atoms with Crippen LogP contribution < -0.4 is 5.73 Å². The summed E-state index contributed by atoms with van der Waals surface area (Å²) < 4.78 is 19.1. The number of hydrogen-bond acceptors (Lipinski definition) is 4. The molecule has 2 atom stereocenters. The van der Waals surface area contributed by atoms with E-state index in [9.17, 15) is 9.18 Å². The minimum absolute atomic E-state index is 0.0223. The fraction of sp³-hybridized carbons (Fsp3) is 0.562. The molecule has 1 aromatic carbocycles. The van der Waals surface area contributed by atoms with Crippen LogP contribution >= 0.6 is 0 Å². The predicted molar refractivity (Wildman–Crippen MR) is 82.8 cm³/mol. The first-order valence-electron chi connectivity index (χ1n) is 7.53. The Morgan fingerprint density at radius 1 is 1.59 bits per heavy atom. The normalized spacial score (nSPS) is 21.0. The van der Waals surface area contributed by atoms with E-state index in [0.29, 0.717) is 13.2 Å². The Labute approximate surface area is 130 Å². The Morgan fingerprint density at radius 3 is 3.05 bits per heavy atom. The number of ether oxygens (including phenoxy) is 1. The molecule has 2 rings (SSSR count). The molecule has 6 heteroatoms. The minimum Gasteiger partial charge on any atom is -0.374 e. The maximum absolute atomic E-state index is 13.4. The molecule has 1 aliphatic rings. The average molecular weight is 309 g/mol. The highest BCUT2D eigenvalue weighted by Crippen LogP contribution is 2.23. The number of hydrogen-bond donors (Lipinski definition) is 1. The Bertz CT molecular complexity index is 512. The van der Waals surface area contributed by atoms with Crippen molar-refractivity contribution in [1.82, 2.24) is 9.80 Å². The van der Waals surface area contributed by atoms with E-state index < -0.39 is 0 Å². The highest BCUT2D eigenvalue weighted by molar-refractivity contribution is 5.75. The summed E-state index contributed by atoms with van der Waals surface area (Å²) in [6.07, 6.45) is 0.0223. The molecule has 5 nitrogen and oxygen atoms in total. The van der Waals surface area contributed by atoms with Crippen molar-refractivity contribution in [2.75, 3.05) is 39.8 Å². The van der Waals surface area contributed by atoms with E-state index in [4.69, 9.17) is 10.5 Å². The molecule has 1 fully saturated rings. The summed E-state index contributed by atoms with van der Waals surface area (Å²) in [7, 11) is 1.85. The van der Waals surface area contributed by atoms with Crippen molar-refractivity contribution in [2.24, 2.45) is 5.73 Å². The summed E-state index contributed by atoms with van der Waals surface area (Å²) >= 11 is 0. The van der Waals surface area contributed by atoms with E-state index in [2.05, 4.69) is 11.8 Å². The van der Waals surface area contributed by atoms with Gasteiger partial charge in [-0.1, -0.05) is 12.1 Å². The van der Waals surface area contributed by atoms with Gasteiger partial charge >= 0.3 is 0 Å². The number of nitrogens with two attached hydrogens (primary N) is 1. The number of likely N-dealkylation sites (N-methyl/N-ethyl adjacent to an activating group) is 1. The third-order valence-corrected chi connectivity index (χ3v) is 3.99. The van der Waals surface area contributed by atoms with Gasteiger partial charge in [-0.25, -0.2) is 4.39 Å². The predicted octanol–water partition coefficient (Wildman–Crippen LogP) is 1.00. The molecule has 2 N–H and O–H groups in total. The maximum Gasteiger partial charge on any atom is 0.231 e. The number of amides is 1. The summed E-state index contributed by atoms with van der Waals surface area (Å²) in [4.78, 5) is 15.1. The number of rotatable bonds is 6. The van der Waals surface area contributed by atoms with Crippen LogP contribution in [-0.4, -0.2) is 61.6 Å². The first-order chi connectivity index (χ1) is 10.5. The van der Waals surface area contributed by atoms with Gasteiger partial charge < -0.3 is 10.5 Å². The third-order valence-electron chi connectivity index (χ3n) is 3.99. The quantitative estimate of drug-likeness (QED) is 0.852. The molecule has 0 radical (unpaired) electrons. The van der Waals surface area contributed by atoms with E-state index in [1.54, 1.807) is 12.1 Å². The monoisotopic (exact) mass is 309 g/mol. The van der Waals surface area contributed by atoms with Crippen molar-refractivity contribution in [3.8, 4) is 0 Å². The molecule has 0 unspecified atom stereocenters. The van der Waals surface area contributed by atoms with Gasteiger partial charge in [0, 0.05) is 25.7 Å². The molecule has 0 spiro atoms. The van der Waals surface area contributed by atoms with E-state index in [1.165, 1.54) is 6.07 Å². The van der Waals surface area contributed by atoms with Crippen LogP contribution in [0.1, 0.15) is 18.5 Å². The van der Waals surface area contributed by atoms with Crippen LogP contribution in [0.4, 0.5) is 4.39 Å². The van der Waals surface area contributed by atoms with E-state index >= 15 is 0 Å². The summed E-state index contributed by atoms with van der Waals surface area (Å²) in [6.45, 7) is 5.14. The fourth-order valence-electron chi connectivity index (χ4n) is 2.86. The Morgan fingerprint density at radius 2 is 2.36 bits per heavy atom. The molecule has 1 amide bonds. The molecule has 1 saturated heterocycles. The molecule has 22 heavy (non-hydrogen) atoms. The summed E-state index contributed by atoms with van der Waals surface area (Å²) in [5, 5.41) is 0. The first kappa shape index (κ1) is 16.9. The van der Waals surface area contributed by atoms with Gasteiger partial charge in [-0.05, 0) is 31.7 Å².